The second-order valence-electron chi connectivity index (χ2n) is 4.52. The highest BCUT2D eigenvalue weighted by atomic mass is 35.5. The SMILES string of the molecule is CNc1cc(Cl)c(C2=CCCC=C2OC(F)F)cc1NC. The minimum absolute atomic E-state index is 0.178. The van der Waals surface area contributed by atoms with Crippen molar-refractivity contribution >= 4 is 28.5 Å². The van der Waals surface area contributed by atoms with Gasteiger partial charge in [-0.25, -0.2) is 0 Å². The number of ether oxygens (including phenoxy) is 1. The Labute approximate surface area is 127 Å². The van der Waals surface area contributed by atoms with Crippen molar-refractivity contribution < 1.29 is 13.5 Å². The molecule has 0 unspecified atom stereocenters. The number of anilines is 2. The highest BCUT2D eigenvalue weighted by Gasteiger charge is 2.20. The van der Waals surface area contributed by atoms with Crippen LogP contribution in [0.5, 0.6) is 0 Å². The van der Waals surface area contributed by atoms with Crippen LogP contribution in [-0.2, 0) is 4.74 Å². The standard InChI is InChI=1S/C15H17ClF2N2O/c1-19-12-7-10(11(16)8-13(12)20-2)9-5-3-4-6-14(9)21-15(17)18/h5-8,15,19-20H,3-4H2,1-2H3. The summed E-state index contributed by atoms with van der Waals surface area (Å²) in [4.78, 5) is 0. The molecule has 1 aromatic carbocycles. The molecule has 0 fully saturated rings. The number of hydrogen-bond donors (Lipinski definition) is 2. The molecule has 3 nitrogen and oxygen atoms in total. The first-order chi connectivity index (χ1) is 10.1. The van der Waals surface area contributed by atoms with Crippen molar-refractivity contribution in [3.63, 3.8) is 0 Å². The van der Waals surface area contributed by atoms with Crippen molar-refractivity contribution in [1.82, 2.24) is 0 Å². The maximum absolute atomic E-state index is 12.5. The van der Waals surface area contributed by atoms with E-state index in [1.807, 2.05) is 12.1 Å². The van der Waals surface area contributed by atoms with Crippen molar-refractivity contribution in [2.45, 2.75) is 19.5 Å². The Morgan fingerprint density at radius 1 is 1.10 bits per heavy atom. The Morgan fingerprint density at radius 3 is 2.33 bits per heavy atom. The van der Waals surface area contributed by atoms with Gasteiger partial charge in [0.2, 0.25) is 0 Å². The van der Waals surface area contributed by atoms with Gasteiger partial charge in [-0.15, -0.1) is 0 Å². The lowest BCUT2D eigenvalue weighted by Crippen LogP contribution is -2.06. The molecule has 1 aliphatic rings. The van der Waals surface area contributed by atoms with Crippen LogP contribution in [0.25, 0.3) is 5.57 Å². The van der Waals surface area contributed by atoms with Gasteiger partial charge in [0.05, 0.1) is 16.4 Å². The van der Waals surface area contributed by atoms with Crippen molar-refractivity contribution in [2.24, 2.45) is 0 Å². The van der Waals surface area contributed by atoms with E-state index < -0.39 is 6.61 Å². The Hall–Kier alpha value is -1.75. The van der Waals surface area contributed by atoms with E-state index in [0.717, 1.165) is 17.8 Å². The molecule has 0 spiro atoms. The number of nitrogens with one attached hydrogen (secondary N) is 2. The Kier molecular flexibility index (Phi) is 5.07. The van der Waals surface area contributed by atoms with Gasteiger partial charge in [-0.2, -0.15) is 8.78 Å². The Bertz CT molecular complexity index is 585. The van der Waals surface area contributed by atoms with E-state index in [1.165, 1.54) is 0 Å². The third kappa shape index (κ3) is 3.47. The lowest BCUT2D eigenvalue weighted by atomic mass is 9.96. The third-order valence-corrected chi connectivity index (χ3v) is 3.58. The smallest absolute Gasteiger partial charge is 0.387 e. The van der Waals surface area contributed by atoms with E-state index in [1.54, 1.807) is 26.2 Å². The van der Waals surface area contributed by atoms with Crippen molar-refractivity contribution in [3.8, 4) is 0 Å². The molecule has 0 amide bonds. The predicted octanol–water partition coefficient (Wildman–Crippen LogP) is 4.72. The number of rotatable bonds is 5. The number of allylic oxidation sites excluding steroid dienone is 3. The molecular formula is C15H17ClF2N2O. The van der Waals surface area contributed by atoms with Crippen LogP contribution in [0.4, 0.5) is 20.2 Å². The van der Waals surface area contributed by atoms with Gasteiger partial charge in [0.25, 0.3) is 0 Å². The fourth-order valence-electron chi connectivity index (χ4n) is 2.30. The fourth-order valence-corrected chi connectivity index (χ4v) is 2.56. The summed E-state index contributed by atoms with van der Waals surface area (Å²) in [5, 5.41) is 6.56. The number of alkyl halides is 2. The van der Waals surface area contributed by atoms with Crippen LogP contribution in [0.3, 0.4) is 0 Å². The molecule has 2 rings (SSSR count). The quantitative estimate of drug-likeness (QED) is 0.824. The second-order valence-corrected chi connectivity index (χ2v) is 4.93. The van der Waals surface area contributed by atoms with Gasteiger partial charge in [0.1, 0.15) is 5.76 Å². The fraction of sp³-hybridized carbons (Fsp3) is 0.333. The van der Waals surface area contributed by atoms with Crippen LogP contribution in [0.15, 0.2) is 30.0 Å². The van der Waals surface area contributed by atoms with E-state index in [-0.39, 0.29) is 5.76 Å². The zero-order valence-electron chi connectivity index (χ0n) is 11.8. The van der Waals surface area contributed by atoms with Gasteiger partial charge in [-0.1, -0.05) is 17.7 Å². The van der Waals surface area contributed by atoms with Gasteiger partial charge < -0.3 is 15.4 Å². The minimum Gasteiger partial charge on any atom is -0.435 e. The topological polar surface area (TPSA) is 33.3 Å². The summed E-state index contributed by atoms with van der Waals surface area (Å²) in [5.74, 6) is 0.178. The molecule has 2 N–H and O–H groups in total. The molecule has 1 aromatic rings. The zero-order chi connectivity index (χ0) is 15.4. The monoisotopic (exact) mass is 314 g/mol. The molecule has 1 aliphatic carbocycles. The van der Waals surface area contributed by atoms with E-state index in [2.05, 4.69) is 15.4 Å². The molecule has 0 aliphatic heterocycles. The number of halogens is 3. The van der Waals surface area contributed by atoms with Gasteiger partial charge in [-0.3, -0.25) is 0 Å². The summed E-state index contributed by atoms with van der Waals surface area (Å²) < 4.78 is 29.7. The average molecular weight is 315 g/mol. The molecule has 0 saturated heterocycles. The van der Waals surface area contributed by atoms with Crippen LogP contribution >= 0.6 is 11.6 Å². The summed E-state index contributed by atoms with van der Waals surface area (Å²) in [6.45, 7) is -2.85. The van der Waals surface area contributed by atoms with Crippen LogP contribution in [0.1, 0.15) is 18.4 Å². The molecule has 0 aromatic heterocycles. The molecule has 6 heteroatoms. The van der Waals surface area contributed by atoms with E-state index in [4.69, 9.17) is 11.6 Å². The largest absolute Gasteiger partial charge is 0.435 e. The van der Waals surface area contributed by atoms with Crippen LogP contribution in [0, 0.1) is 0 Å². The van der Waals surface area contributed by atoms with Gasteiger partial charge in [-0.05, 0) is 31.1 Å². The summed E-state index contributed by atoms with van der Waals surface area (Å²) in [6.07, 6.45) is 4.99. The molecule has 21 heavy (non-hydrogen) atoms. The normalized spacial score (nSPS) is 14.6. The predicted molar refractivity (Wildman–Crippen MR) is 82.9 cm³/mol. The van der Waals surface area contributed by atoms with E-state index >= 15 is 0 Å². The average Bonchev–Trinajstić information content (AvgIpc) is 2.47. The first-order valence-electron chi connectivity index (χ1n) is 6.61. The molecule has 0 heterocycles. The van der Waals surface area contributed by atoms with Crippen molar-refractivity contribution in [1.29, 1.82) is 0 Å². The summed E-state index contributed by atoms with van der Waals surface area (Å²) >= 11 is 6.29. The second kappa shape index (κ2) is 6.80. The maximum Gasteiger partial charge on any atom is 0.387 e. The van der Waals surface area contributed by atoms with Crippen LogP contribution in [0.2, 0.25) is 5.02 Å². The minimum atomic E-state index is -2.85. The Balaban J connectivity index is 2.44. The highest BCUT2D eigenvalue weighted by molar-refractivity contribution is 6.33. The number of benzene rings is 1. The summed E-state index contributed by atoms with van der Waals surface area (Å²) in [6, 6.07) is 3.59. The number of hydrogen-bond acceptors (Lipinski definition) is 3. The zero-order valence-corrected chi connectivity index (χ0v) is 12.6. The molecule has 0 saturated carbocycles. The van der Waals surface area contributed by atoms with Crippen molar-refractivity contribution in [3.05, 3.63) is 40.6 Å². The molecule has 0 bridgehead atoms. The van der Waals surface area contributed by atoms with Gasteiger partial charge >= 0.3 is 6.61 Å². The molecule has 0 radical (unpaired) electrons. The Morgan fingerprint density at radius 2 is 1.71 bits per heavy atom. The maximum atomic E-state index is 12.5. The van der Waals surface area contributed by atoms with Gasteiger partial charge in [0, 0.05) is 25.2 Å². The highest BCUT2D eigenvalue weighted by Crippen LogP contribution is 2.38. The van der Waals surface area contributed by atoms with Crippen LogP contribution < -0.4 is 10.6 Å². The first kappa shape index (κ1) is 15.6. The summed E-state index contributed by atoms with van der Waals surface area (Å²) in [7, 11) is 3.58. The lowest BCUT2D eigenvalue weighted by Gasteiger charge is -2.20. The van der Waals surface area contributed by atoms with Crippen molar-refractivity contribution in [2.75, 3.05) is 24.7 Å². The van der Waals surface area contributed by atoms with Gasteiger partial charge in [0.15, 0.2) is 0 Å². The van der Waals surface area contributed by atoms with E-state index in [0.29, 0.717) is 22.6 Å². The molecular weight excluding hydrogens is 298 g/mol. The molecule has 114 valence electrons. The molecule has 0 atom stereocenters. The first-order valence-corrected chi connectivity index (χ1v) is 6.99. The lowest BCUT2D eigenvalue weighted by molar-refractivity contribution is -0.0912. The van der Waals surface area contributed by atoms with E-state index in [9.17, 15) is 8.78 Å². The van der Waals surface area contributed by atoms with Crippen LogP contribution in [-0.4, -0.2) is 20.7 Å². The third-order valence-electron chi connectivity index (χ3n) is 3.26. The summed E-state index contributed by atoms with van der Waals surface area (Å²) in [5.41, 5.74) is 2.94.